The summed E-state index contributed by atoms with van der Waals surface area (Å²) in [6.45, 7) is 9.77. The van der Waals surface area contributed by atoms with E-state index in [4.69, 9.17) is 17.3 Å². The van der Waals surface area contributed by atoms with E-state index in [1.54, 1.807) is 12.1 Å². The van der Waals surface area contributed by atoms with Crippen molar-refractivity contribution >= 4 is 11.6 Å². The lowest BCUT2D eigenvalue weighted by atomic mass is 10.0. The maximum Gasteiger partial charge on any atom is 0.128 e. The molecule has 1 unspecified atom stereocenters. The zero-order valence-corrected chi connectivity index (χ0v) is 12.9. The molecule has 0 saturated heterocycles. The van der Waals surface area contributed by atoms with Crippen LogP contribution in [0.4, 0.5) is 4.39 Å². The zero-order valence-electron chi connectivity index (χ0n) is 12.2. The van der Waals surface area contributed by atoms with Crippen LogP contribution in [-0.2, 0) is 0 Å². The van der Waals surface area contributed by atoms with Crippen molar-refractivity contribution < 1.29 is 4.39 Å². The van der Waals surface area contributed by atoms with E-state index in [-0.39, 0.29) is 11.9 Å². The van der Waals surface area contributed by atoms with Gasteiger partial charge < -0.3 is 5.73 Å². The van der Waals surface area contributed by atoms with Crippen molar-refractivity contribution in [2.24, 2.45) is 11.7 Å². The Hall–Kier alpha value is -0.640. The summed E-state index contributed by atoms with van der Waals surface area (Å²) < 4.78 is 14.0. The van der Waals surface area contributed by atoms with Crippen LogP contribution < -0.4 is 5.73 Å². The Bertz CT molecular complexity index is 407. The Morgan fingerprint density at radius 1 is 1.26 bits per heavy atom. The molecule has 0 aliphatic carbocycles. The van der Waals surface area contributed by atoms with Crippen LogP contribution in [0.15, 0.2) is 18.2 Å². The van der Waals surface area contributed by atoms with Crippen LogP contribution in [0.2, 0.25) is 5.02 Å². The van der Waals surface area contributed by atoms with Gasteiger partial charge in [0.15, 0.2) is 0 Å². The van der Waals surface area contributed by atoms with Gasteiger partial charge in [-0.25, -0.2) is 4.39 Å². The largest absolute Gasteiger partial charge is 0.329 e. The van der Waals surface area contributed by atoms with Crippen molar-refractivity contribution in [1.29, 1.82) is 0 Å². The fourth-order valence-electron chi connectivity index (χ4n) is 2.33. The predicted molar refractivity (Wildman–Crippen MR) is 79.9 cm³/mol. The maximum atomic E-state index is 14.0. The topological polar surface area (TPSA) is 29.3 Å². The van der Waals surface area contributed by atoms with Gasteiger partial charge in [0.2, 0.25) is 0 Å². The molecule has 0 saturated carbocycles. The summed E-state index contributed by atoms with van der Waals surface area (Å²) in [5.74, 6) is 0.257. The van der Waals surface area contributed by atoms with Gasteiger partial charge in [-0.15, -0.1) is 0 Å². The van der Waals surface area contributed by atoms with Crippen LogP contribution in [-0.4, -0.2) is 24.0 Å². The average molecular weight is 287 g/mol. The smallest absolute Gasteiger partial charge is 0.128 e. The molecule has 0 radical (unpaired) electrons. The van der Waals surface area contributed by atoms with Crippen molar-refractivity contribution in [2.45, 2.75) is 39.8 Å². The monoisotopic (exact) mass is 286 g/mol. The third-order valence-corrected chi connectivity index (χ3v) is 3.41. The Morgan fingerprint density at radius 3 is 2.37 bits per heavy atom. The molecular weight excluding hydrogens is 263 g/mol. The molecule has 0 amide bonds. The lowest BCUT2D eigenvalue weighted by Gasteiger charge is -2.36. The van der Waals surface area contributed by atoms with Gasteiger partial charge in [0.1, 0.15) is 5.82 Å². The van der Waals surface area contributed by atoms with Gasteiger partial charge in [0.25, 0.3) is 0 Å². The normalized spacial score (nSPS) is 13.6. The van der Waals surface area contributed by atoms with Gasteiger partial charge in [-0.05, 0) is 38.0 Å². The molecular formula is C15H24ClFN2. The Kier molecular flexibility index (Phi) is 6.24. The highest BCUT2D eigenvalue weighted by Crippen LogP contribution is 2.27. The van der Waals surface area contributed by atoms with Gasteiger partial charge in [-0.1, -0.05) is 25.4 Å². The minimum Gasteiger partial charge on any atom is -0.329 e. The second-order valence-electron chi connectivity index (χ2n) is 5.60. The number of benzene rings is 1. The van der Waals surface area contributed by atoms with Crippen molar-refractivity contribution in [2.75, 3.05) is 13.1 Å². The fourth-order valence-corrected chi connectivity index (χ4v) is 2.51. The van der Waals surface area contributed by atoms with Gasteiger partial charge in [-0.2, -0.15) is 0 Å². The SMILES string of the molecule is CC(C)CN(C(C)C)C(CN)c1cc(Cl)ccc1F. The highest BCUT2D eigenvalue weighted by atomic mass is 35.5. The van der Waals surface area contributed by atoms with Crippen LogP contribution in [0.25, 0.3) is 0 Å². The summed E-state index contributed by atoms with van der Waals surface area (Å²) in [5, 5.41) is 0.545. The average Bonchev–Trinajstić information content (AvgIpc) is 2.32. The number of halogens is 2. The maximum absolute atomic E-state index is 14.0. The van der Waals surface area contributed by atoms with E-state index in [1.165, 1.54) is 6.07 Å². The minimum absolute atomic E-state index is 0.138. The molecule has 0 fully saturated rings. The quantitative estimate of drug-likeness (QED) is 0.861. The van der Waals surface area contributed by atoms with Gasteiger partial charge >= 0.3 is 0 Å². The first-order chi connectivity index (χ1) is 8.86. The molecule has 0 bridgehead atoms. The molecule has 4 heteroatoms. The molecule has 1 rings (SSSR count). The highest BCUT2D eigenvalue weighted by Gasteiger charge is 2.25. The Labute approximate surface area is 120 Å². The first kappa shape index (κ1) is 16.4. The fraction of sp³-hybridized carbons (Fsp3) is 0.600. The number of hydrogen-bond acceptors (Lipinski definition) is 2. The number of rotatable bonds is 6. The summed E-state index contributed by atoms with van der Waals surface area (Å²) in [5.41, 5.74) is 6.47. The second-order valence-corrected chi connectivity index (χ2v) is 6.04. The summed E-state index contributed by atoms with van der Waals surface area (Å²) >= 11 is 5.98. The second kappa shape index (κ2) is 7.22. The predicted octanol–water partition coefficient (Wildman–Crippen LogP) is 3.85. The van der Waals surface area contributed by atoms with E-state index < -0.39 is 0 Å². The van der Waals surface area contributed by atoms with E-state index in [9.17, 15) is 4.39 Å². The Morgan fingerprint density at radius 2 is 1.89 bits per heavy atom. The molecule has 1 atom stereocenters. The molecule has 2 nitrogen and oxygen atoms in total. The first-order valence-electron chi connectivity index (χ1n) is 6.77. The standard InChI is InChI=1S/C15H24ClFN2/c1-10(2)9-19(11(3)4)15(8-18)13-7-12(16)5-6-14(13)17/h5-7,10-11,15H,8-9,18H2,1-4H3. The van der Waals surface area contributed by atoms with Crippen LogP contribution in [0.3, 0.4) is 0 Å². The summed E-state index contributed by atoms with van der Waals surface area (Å²) in [6.07, 6.45) is 0. The zero-order chi connectivity index (χ0) is 14.6. The molecule has 19 heavy (non-hydrogen) atoms. The molecule has 0 spiro atoms. The molecule has 108 valence electrons. The summed E-state index contributed by atoms with van der Waals surface area (Å²) in [7, 11) is 0. The molecule has 1 aromatic rings. The minimum atomic E-state index is -0.241. The van der Waals surface area contributed by atoms with Crippen LogP contribution >= 0.6 is 11.6 Å². The van der Waals surface area contributed by atoms with E-state index in [1.807, 2.05) is 0 Å². The van der Waals surface area contributed by atoms with E-state index in [0.717, 1.165) is 6.54 Å². The van der Waals surface area contributed by atoms with Crippen molar-refractivity contribution in [1.82, 2.24) is 4.90 Å². The lowest BCUT2D eigenvalue weighted by Crippen LogP contribution is -2.41. The highest BCUT2D eigenvalue weighted by molar-refractivity contribution is 6.30. The van der Waals surface area contributed by atoms with Gasteiger partial charge in [0.05, 0.1) is 6.04 Å². The molecule has 0 aliphatic heterocycles. The van der Waals surface area contributed by atoms with Gasteiger partial charge in [-0.3, -0.25) is 4.90 Å². The number of nitrogens with two attached hydrogens (primary N) is 1. The molecule has 2 N–H and O–H groups in total. The third kappa shape index (κ3) is 4.44. The van der Waals surface area contributed by atoms with Crippen molar-refractivity contribution in [3.05, 3.63) is 34.6 Å². The van der Waals surface area contributed by atoms with E-state index >= 15 is 0 Å². The first-order valence-corrected chi connectivity index (χ1v) is 7.15. The van der Waals surface area contributed by atoms with E-state index in [2.05, 4.69) is 32.6 Å². The molecule has 0 aliphatic rings. The van der Waals surface area contributed by atoms with Crippen LogP contribution in [0, 0.1) is 11.7 Å². The van der Waals surface area contributed by atoms with Crippen LogP contribution in [0.5, 0.6) is 0 Å². The Balaban J connectivity index is 3.11. The van der Waals surface area contributed by atoms with Crippen molar-refractivity contribution in [3.8, 4) is 0 Å². The third-order valence-electron chi connectivity index (χ3n) is 3.18. The molecule has 0 aromatic heterocycles. The number of hydrogen-bond donors (Lipinski definition) is 1. The number of nitrogens with zero attached hydrogens (tertiary/aromatic N) is 1. The van der Waals surface area contributed by atoms with E-state index in [0.29, 0.717) is 29.1 Å². The van der Waals surface area contributed by atoms with Gasteiger partial charge in [0, 0.05) is 29.7 Å². The summed E-state index contributed by atoms with van der Waals surface area (Å²) in [6, 6.07) is 4.82. The summed E-state index contributed by atoms with van der Waals surface area (Å²) in [4.78, 5) is 2.24. The van der Waals surface area contributed by atoms with Crippen LogP contribution in [0.1, 0.15) is 39.3 Å². The van der Waals surface area contributed by atoms with Crippen molar-refractivity contribution in [3.63, 3.8) is 0 Å². The molecule has 0 heterocycles. The lowest BCUT2D eigenvalue weighted by molar-refractivity contribution is 0.136. The molecule has 1 aromatic carbocycles.